The summed E-state index contributed by atoms with van der Waals surface area (Å²) in [7, 11) is -3.30. The summed E-state index contributed by atoms with van der Waals surface area (Å²) in [5, 5.41) is -0.459. The molecule has 16 heavy (non-hydrogen) atoms. The molecule has 2 unspecified atom stereocenters. The van der Waals surface area contributed by atoms with Gasteiger partial charge in [-0.1, -0.05) is 13.8 Å². The number of carbonyl (C=O) groups is 1. The second-order valence-corrected chi connectivity index (χ2v) is 7.14. The van der Waals surface area contributed by atoms with Crippen molar-refractivity contribution in [2.24, 2.45) is 11.8 Å². The van der Waals surface area contributed by atoms with Crippen molar-refractivity contribution in [1.29, 1.82) is 0 Å². The molecule has 4 nitrogen and oxygen atoms in total. The van der Waals surface area contributed by atoms with Crippen molar-refractivity contribution >= 4 is 15.6 Å². The van der Waals surface area contributed by atoms with Crippen LogP contribution >= 0.6 is 0 Å². The average molecular weight is 248 g/mol. The summed E-state index contributed by atoms with van der Waals surface area (Å²) in [6.45, 7) is 6.32. The van der Waals surface area contributed by atoms with Crippen molar-refractivity contribution in [2.75, 3.05) is 19.0 Å². The molecule has 2 atom stereocenters. The first kappa shape index (κ1) is 13.6. The topological polar surface area (TPSA) is 60.4 Å². The van der Waals surface area contributed by atoms with Crippen LogP contribution < -0.4 is 0 Å². The van der Waals surface area contributed by atoms with Gasteiger partial charge in [-0.2, -0.15) is 0 Å². The molecule has 0 aliphatic carbocycles. The Morgan fingerprint density at radius 3 is 2.44 bits per heavy atom. The fourth-order valence-electron chi connectivity index (χ4n) is 1.65. The number of sulfone groups is 1. The minimum atomic E-state index is -3.30. The third-order valence-corrected chi connectivity index (χ3v) is 5.60. The van der Waals surface area contributed by atoms with Crippen LogP contribution in [-0.2, 0) is 19.4 Å². The fourth-order valence-corrected chi connectivity index (χ4v) is 3.38. The van der Waals surface area contributed by atoms with E-state index < -0.39 is 15.1 Å². The molecule has 0 aromatic heterocycles. The molecule has 94 valence electrons. The first-order chi connectivity index (χ1) is 7.34. The van der Waals surface area contributed by atoms with Gasteiger partial charge in [0.1, 0.15) is 5.75 Å². The van der Waals surface area contributed by atoms with Crippen molar-refractivity contribution in [2.45, 2.75) is 32.4 Å². The molecule has 0 amide bonds. The van der Waals surface area contributed by atoms with Crippen LogP contribution in [-0.4, -0.2) is 38.4 Å². The van der Waals surface area contributed by atoms with Crippen LogP contribution in [0.5, 0.6) is 0 Å². The van der Waals surface area contributed by atoms with E-state index in [-0.39, 0.29) is 23.4 Å². The van der Waals surface area contributed by atoms with Gasteiger partial charge in [-0.25, -0.2) is 8.42 Å². The van der Waals surface area contributed by atoms with E-state index in [0.29, 0.717) is 19.6 Å². The van der Waals surface area contributed by atoms with Gasteiger partial charge in [-0.05, 0) is 19.3 Å². The van der Waals surface area contributed by atoms with Gasteiger partial charge >= 0.3 is 0 Å². The van der Waals surface area contributed by atoms with Crippen molar-refractivity contribution in [3.05, 3.63) is 0 Å². The Labute approximate surface area is 97.3 Å². The maximum Gasteiger partial charge on any atom is 0.160 e. The average Bonchev–Trinajstić information content (AvgIpc) is 2.68. The van der Waals surface area contributed by atoms with Gasteiger partial charge in [0.2, 0.25) is 0 Å². The molecule has 0 N–H and O–H groups in total. The predicted octanol–water partition coefficient (Wildman–Crippen LogP) is 1.05. The van der Waals surface area contributed by atoms with Gasteiger partial charge in [-0.3, -0.25) is 4.79 Å². The Kier molecular flexibility index (Phi) is 4.50. The Morgan fingerprint density at radius 1 is 1.38 bits per heavy atom. The van der Waals surface area contributed by atoms with Crippen molar-refractivity contribution in [3.63, 3.8) is 0 Å². The quantitative estimate of drug-likeness (QED) is 0.729. The lowest BCUT2D eigenvalue weighted by molar-refractivity contribution is -0.120. The first-order valence-corrected chi connectivity index (χ1v) is 7.38. The maximum absolute atomic E-state index is 11.9. The van der Waals surface area contributed by atoms with E-state index in [4.69, 9.17) is 4.74 Å². The number of rotatable bonds is 5. The third kappa shape index (κ3) is 3.28. The van der Waals surface area contributed by atoms with E-state index in [0.717, 1.165) is 0 Å². The molecule has 0 aromatic carbocycles. The summed E-state index contributed by atoms with van der Waals surface area (Å²) in [6.07, 6.45) is 0.657. The highest BCUT2D eigenvalue weighted by molar-refractivity contribution is 7.92. The zero-order valence-electron chi connectivity index (χ0n) is 10.1. The van der Waals surface area contributed by atoms with Gasteiger partial charge in [0.05, 0.1) is 11.9 Å². The van der Waals surface area contributed by atoms with Crippen molar-refractivity contribution in [1.82, 2.24) is 0 Å². The minimum absolute atomic E-state index is 0.0395. The van der Waals surface area contributed by atoms with Crippen LogP contribution in [0.25, 0.3) is 0 Å². The lowest BCUT2D eigenvalue weighted by atomic mass is 10.1. The van der Waals surface area contributed by atoms with E-state index in [1.165, 1.54) is 0 Å². The number of hydrogen-bond acceptors (Lipinski definition) is 4. The number of Topliss-reactive ketones (excluding diaryl/α,β-unsaturated/α-hetero) is 1. The number of hydrogen-bond donors (Lipinski definition) is 0. The lowest BCUT2D eigenvalue weighted by Crippen LogP contribution is -2.32. The number of carbonyl (C=O) groups excluding carboxylic acids is 1. The predicted molar refractivity (Wildman–Crippen MR) is 62.0 cm³/mol. The Morgan fingerprint density at radius 2 is 2.00 bits per heavy atom. The molecule has 1 aliphatic heterocycles. The molecule has 1 heterocycles. The second kappa shape index (κ2) is 5.27. The van der Waals surface area contributed by atoms with Gasteiger partial charge in [0, 0.05) is 12.5 Å². The highest BCUT2D eigenvalue weighted by Gasteiger charge is 2.31. The first-order valence-electron chi connectivity index (χ1n) is 5.66. The van der Waals surface area contributed by atoms with Crippen LogP contribution in [0.15, 0.2) is 0 Å². The molecule has 1 saturated heterocycles. The SMILES string of the molecule is CC(C)C(C)S(=O)(=O)CC(=O)C1CCOC1. The summed E-state index contributed by atoms with van der Waals surface area (Å²) in [6, 6.07) is 0. The van der Waals surface area contributed by atoms with Crippen molar-refractivity contribution in [3.8, 4) is 0 Å². The van der Waals surface area contributed by atoms with Crippen LogP contribution in [0.3, 0.4) is 0 Å². The van der Waals surface area contributed by atoms with Crippen LogP contribution in [0.1, 0.15) is 27.2 Å². The largest absolute Gasteiger partial charge is 0.381 e. The lowest BCUT2D eigenvalue weighted by Gasteiger charge is -2.16. The van der Waals surface area contributed by atoms with Gasteiger partial charge in [0.15, 0.2) is 15.6 Å². The van der Waals surface area contributed by atoms with E-state index in [1.807, 2.05) is 13.8 Å². The van der Waals surface area contributed by atoms with E-state index in [9.17, 15) is 13.2 Å². The Bertz CT molecular complexity index is 339. The number of ether oxygens (including phenoxy) is 1. The second-order valence-electron chi connectivity index (χ2n) is 4.78. The smallest absolute Gasteiger partial charge is 0.160 e. The summed E-state index contributed by atoms with van der Waals surface area (Å²) < 4.78 is 28.8. The van der Waals surface area contributed by atoms with Gasteiger partial charge in [-0.15, -0.1) is 0 Å². The normalized spacial score (nSPS) is 23.6. The zero-order chi connectivity index (χ0) is 12.3. The van der Waals surface area contributed by atoms with Crippen LogP contribution in [0.2, 0.25) is 0 Å². The number of ketones is 1. The highest BCUT2D eigenvalue weighted by atomic mass is 32.2. The molecule has 1 rings (SSSR count). The van der Waals surface area contributed by atoms with E-state index in [2.05, 4.69) is 0 Å². The standard InChI is InChI=1S/C11H20O4S/c1-8(2)9(3)16(13,14)7-11(12)10-4-5-15-6-10/h8-10H,4-7H2,1-3H3. The molecular weight excluding hydrogens is 228 g/mol. The summed E-state index contributed by atoms with van der Waals surface area (Å²) in [5.74, 6) is -0.697. The van der Waals surface area contributed by atoms with Crippen LogP contribution in [0.4, 0.5) is 0 Å². The van der Waals surface area contributed by atoms with Gasteiger partial charge < -0.3 is 4.74 Å². The van der Waals surface area contributed by atoms with E-state index in [1.54, 1.807) is 6.92 Å². The molecule has 0 spiro atoms. The highest BCUT2D eigenvalue weighted by Crippen LogP contribution is 2.18. The minimum Gasteiger partial charge on any atom is -0.381 e. The molecule has 5 heteroatoms. The third-order valence-electron chi connectivity index (χ3n) is 3.23. The molecular formula is C11H20O4S. The monoisotopic (exact) mass is 248 g/mol. The zero-order valence-corrected chi connectivity index (χ0v) is 10.9. The van der Waals surface area contributed by atoms with Crippen LogP contribution in [0, 0.1) is 11.8 Å². The Hall–Kier alpha value is -0.420. The molecule has 0 bridgehead atoms. The molecule has 1 fully saturated rings. The molecule has 0 saturated carbocycles. The van der Waals surface area contributed by atoms with Gasteiger partial charge in [0.25, 0.3) is 0 Å². The summed E-state index contributed by atoms with van der Waals surface area (Å²) in [5.41, 5.74) is 0. The van der Waals surface area contributed by atoms with Crippen molar-refractivity contribution < 1.29 is 17.9 Å². The summed E-state index contributed by atoms with van der Waals surface area (Å²) >= 11 is 0. The fraction of sp³-hybridized carbons (Fsp3) is 0.909. The molecule has 1 aliphatic rings. The molecule has 0 aromatic rings. The molecule has 0 radical (unpaired) electrons. The maximum atomic E-state index is 11.9. The van der Waals surface area contributed by atoms with E-state index >= 15 is 0 Å². The Balaban J connectivity index is 2.61. The summed E-state index contributed by atoms with van der Waals surface area (Å²) in [4.78, 5) is 11.7.